The van der Waals surface area contributed by atoms with Gasteiger partial charge in [0.25, 0.3) is 0 Å². The topological polar surface area (TPSA) is 59.9 Å². The summed E-state index contributed by atoms with van der Waals surface area (Å²) in [5, 5.41) is 3.20. The molecule has 5 heteroatoms. The number of hydrogen-bond acceptors (Lipinski definition) is 4. The zero-order valence-corrected chi connectivity index (χ0v) is 12.9. The minimum atomic E-state index is 0.0108. The first-order valence-electron chi connectivity index (χ1n) is 7.91. The van der Waals surface area contributed by atoms with Crippen LogP contribution in [-0.4, -0.2) is 31.0 Å². The van der Waals surface area contributed by atoms with Crippen LogP contribution in [0.2, 0.25) is 0 Å². The van der Waals surface area contributed by atoms with Crippen molar-refractivity contribution in [2.75, 3.05) is 13.3 Å². The Kier molecular flexibility index (Phi) is 3.10. The number of ether oxygens (including phenoxy) is 2. The highest BCUT2D eigenvalue weighted by molar-refractivity contribution is 6.07. The molecule has 0 spiro atoms. The number of nitrogens with one attached hydrogen (secondary N) is 1. The summed E-state index contributed by atoms with van der Waals surface area (Å²) in [6.45, 7) is 4.91. The van der Waals surface area contributed by atoms with Gasteiger partial charge < -0.3 is 14.8 Å². The number of carbonyl (C=O) groups excluding carboxylic acids is 1. The molecular weight excluding hydrogens is 280 g/mol. The summed E-state index contributed by atoms with van der Waals surface area (Å²) >= 11 is 0. The van der Waals surface area contributed by atoms with E-state index in [9.17, 15) is 4.79 Å². The fourth-order valence-electron chi connectivity index (χ4n) is 3.51. The van der Waals surface area contributed by atoms with Gasteiger partial charge in [-0.25, -0.2) is 0 Å². The number of aliphatic imine (C=N–C) groups is 1. The number of carbonyl (C=O) groups is 1. The molecule has 116 valence electrons. The average molecular weight is 300 g/mol. The van der Waals surface area contributed by atoms with Crippen LogP contribution in [-0.2, 0) is 11.2 Å². The Bertz CT molecular complexity index is 666. The molecule has 2 atom stereocenters. The molecule has 2 heterocycles. The van der Waals surface area contributed by atoms with Gasteiger partial charge in [-0.1, -0.05) is 13.8 Å². The minimum absolute atomic E-state index is 0.0108. The Morgan fingerprint density at radius 2 is 2.09 bits per heavy atom. The van der Waals surface area contributed by atoms with E-state index in [1.54, 1.807) is 0 Å². The third-order valence-corrected chi connectivity index (χ3v) is 4.73. The van der Waals surface area contributed by atoms with Crippen LogP contribution in [0.3, 0.4) is 0 Å². The van der Waals surface area contributed by atoms with Crippen molar-refractivity contribution in [1.29, 1.82) is 0 Å². The van der Waals surface area contributed by atoms with Crippen LogP contribution in [0.25, 0.3) is 0 Å². The zero-order chi connectivity index (χ0) is 15.3. The molecule has 1 aromatic rings. The number of amides is 1. The molecule has 5 nitrogen and oxygen atoms in total. The van der Waals surface area contributed by atoms with Crippen molar-refractivity contribution in [2.24, 2.45) is 16.8 Å². The lowest BCUT2D eigenvalue weighted by Gasteiger charge is -2.29. The van der Waals surface area contributed by atoms with Gasteiger partial charge in [-0.2, -0.15) is 0 Å². The van der Waals surface area contributed by atoms with Gasteiger partial charge in [0.1, 0.15) is 0 Å². The van der Waals surface area contributed by atoms with Gasteiger partial charge in [0.15, 0.2) is 11.5 Å². The normalized spacial score (nSPS) is 24.8. The van der Waals surface area contributed by atoms with Crippen molar-refractivity contribution in [3.8, 4) is 11.5 Å². The van der Waals surface area contributed by atoms with Gasteiger partial charge in [0.05, 0.1) is 0 Å². The lowest BCUT2D eigenvalue weighted by Crippen LogP contribution is -2.46. The van der Waals surface area contributed by atoms with Gasteiger partial charge in [0.2, 0.25) is 12.7 Å². The highest BCUT2D eigenvalue weighted by Crippen LogP contribution is 2.41. The van der Waals surface area contributed by atoms with E-state index in [0.29, 0.717) is 6.79 Å². The van der Waals surface area contributed by atoms with Crippen molar-refractivity contribution >= 4 is 11.6 Å². The van der Waals surface area contributed by atoms with E-state index in [1.165, 1.54) is 5.56 Å². The maximum absolute atomic E-state index is 12.0. The fraction of sp³-hybridized carbons (Fsp3) is 0.529. The van der Waals surface area contributed by atoms with Gasteiger partial charge in [-0.05, 0) is 30.5 Å². The summed E-state index contributed by atoms with van der Waals surface area (Å²) in [6.07, 6.45) is 1.82. The standard InChI is InChI=1S/C17H20N2O3/c1-9(2)17(20)19-13-3-4-18-16-11-7-15-14(21-8-22-15)6-10(11)5-12(13)16/h6-7,9,12-13H,3-5,8H2,1-2H3,(H,19,20). The Labute approximate surface area is 129 Å². The van der Waals surface area contributed by atoms with Crippen LogP contribution in [0.1, 0.15) is 31.4 Å². The zero-order valence-electron chi connectivity index (χ0n) is 12.9. The number of rotatable bonds is 2. The number of hydrogen-bond donors (Lipinski definition) is 1. The third kappa shape index (κ3) is 2.07. The molecule has 4 rings (SSSR count). The summed E-state index contributed by atoms with van der Waals surface area (Å²) in [6, 6.07) is 4.29. The van der Waals surface area contributed by atoms with Crippen molar-refractivity contribution in [3.05, 3.63) is 23.3 Å². The summed E-state index contributed by atoms with van der Waals surface area (Å²) in [5.41, 5.74) is 3.53. The third-order valence-electron chi connectivity index (χ3n) is 4.73. The molecule has 1 amide bonds. The SMILES string of the molecule is CC(C)C(=O)NC1CCN=C2c3cc4c(cc3CC21)OCO4. The largest absolute Gasteiger partial charge is 0.454 e. The Balaban J connectivity index is 1.63. The summed E-state index contributed by atoms with van der Waals surface area (Å²) in [5.74, 6) is 2.03. The van der Waals surface area contributed by atoms with Crippen molar-refractivity contribution in [1.82, 2.24) is 5.32 Å². The fourth-order valence-corrected chi connectivity index (χ4v) is 3.51. The Morgan fingerprint density at radius 1 is 1.32 bits per heavy atom. The molecule has 1 aromatic carbocycles. The molecular formula is C17H20N2O3. The van der Waals surface area contributed by atoms with E-state index in [2.05, 4.69) is 11.4 Å². The predicted molar refractivity (Wildman–Crippen MR) is 82.5 cm³/mol. The van der Waals surface area contributed by atoms with E-state index < -0.39 is 0 Å². The second kappa shape index (κ2) is 5.00. The van der Waals surface area contributed by atoms with Crippen LogP contribution >= 0.6 is 0 Å². The van der Waals surface area contributed by atoms with Crippen molar-refractivity contribution < 1.29 is 14.3 Å². The first kappa shape index (κ1) is 13.6. The average Bonchev–Trinajstić information content (AvgIpc) is 3.08. The van der Waals surface area contributed by atoms with Crippen molar-refractivity contribution in [3.63, 3.8) is 0 Å². The molecule has 1 aliphatic carbocycles. The highest BCUT2D eigenvalue weighted by Gasteiger charge is 2.38. The first-order valence-corrected chi connectivity index (χ1v) is 7.91. The molecule has 0 fully saturated rings. The molecule has 2 aliphatic heterocycles. The molecule has 22 heavy (non-hydrogen) atoms. The highest BCUT2D eigenvalue weighted by atomic mass is 16.7. The van der Waals surface area contributed by atoms with E-state index in [-0.39, 0.29) is 23.8 Å². The second-order valence-corrected chi connectivity index (χ2v) is 6.50. The van der Waals surface area contributed by atoms with E-state index in [0.717, 1.165) is 42.2 Å². The summed E-state index contributed by atoms with van der Waals surface area (Å²) in [4.78, 5) is 16.8. The Morgan fingerprint density at radius 3 is 2.86 bits per heavy atom. The lowest BCUT2D eigenvalue weighted by molar-refractivity contribution is -0.125. The van der Waals surface area contributed by atoms with Crippen LogP contribution in [0.4, 0.5) is 0 Å². The molecule has 0 saturated carbocycles. The van der Waals surface area contributed by atoms with E-state index in [4.69, 9.17) is 14.5 Å². The molecule has 0 saturated heterocycles. The maximum Gasteiger partial charge on any atom is 0.231 e. The molecule has 3 aliphatic rings. The Hall–Kier alpha value is -2.04. The molecule has 0 aromatic heterocycles. The number of benzene rings is 1. The second-order valence-electron chi connectivity index (χ2n) is 6.50. The molecule has 1 N–H and O–H groups in total. The summed E-state index contributed by atoms with van der Waals surface area (Å²) < 4.78 is 10.9. The molecule has 2 unspecified atom stereocenters. The quantitative estimate of drug-likeness (QED) is 0.908. The molecule has 0 bridgehead atoms. The monoisotopic (exact) mass is 300 g/mol. The smallest absolute Gasteiger partial charge is 0.231 e. The minimum Gasteiger partial charge on any atom is -0.454 e. The van der Waals surface area contributed by atoms with Gasteiger partial charge >= 0.3 is 0 Å². The van der Waals surface area contributed by atoms with Crippen LogP contribution in [0.5, 0.6) is 11.5 Å². The van der Waals surface area contributed by atoms with Crippen LogP contribution in [0.15, 0.2) is 17.1 Å². The van der Waals surface area contributed by atoms with Gasteiger partial charge in [-0.15, -0.1) is 0 Å². The van der Waals surface area contributed by atoms with Gasteiger partial charge in [-0.3, -0.25) is 9.79 Å². The van der Waals surface area contributed by atoms with Crippen LogP contribution in [0, 0.1) is 11.8 Å². The molecule has 0 radical (unpaired) electrons. The van der Waals surface area contributed by atoms with E-state index >= 15 is 0 Å². The predicted octanol–water partition coefficient (Wildman–Crippen LogP) is 1.92. The number of nitrogens with zero attached hydrogens (tertiary/aromatic N) is 1. The first-order chi connectivity index (χ1) is 10.6. The number of fused-ring (bicyclic) bond motifs is 4. The lowest BCUT2D eigenvalue weighted by atomic mass is 9.89. The van der Waals surface area contributed by atoms with Crippen LogP contribution < -0.4 is 14.8 Å². The summed E-state index contributed by atoms with van der Waals surface area (Å²) in [7, 11) is 0. The van der Waals surface area contributed by atoms with Gasteiger partial charge in [0, 0.05) is 35.7 Å². The van der Waals surface area contributed by atoms with Crippen molar-refractivity contribution in [2.45, 2.75) is 32.7 Å². The van der Waals surface area contributed by atoms with E-state index in [1.807, 2.05) is 19.9 Å². The maximum atomic E-state index is 12.0.